The third kappa shape index (κ3) is 3.51. The van der Waals surface area contributed by atoms with Crippen LogP contribution in [0.25, 0.3) is 0 Å². The number of rotatable bonds is 5. The second-order valence-corrected chi connectivity index (χ2v) is 4.90. The number of hydrogen-bond donors (Lipinski definition) is 0. The Hall–Kier alpha value is -2.54. The minimum Gasteiger partial charge on any atom is -0.341 e. The first kappa shape index (κ1) is 13.4. The zero-order valence-electron chi connectivity index (χ0n) is 11.9. The molecule has 0 saturated carbocycles. The van der Waals surface area contributed by atoms with Crippen molar-refractivity contribution in [3.05, 3.63) is 103 Å². The molecule has 0 aromatic heterocycles. The molecule has 0 fully saturated rings. The van der Waals surface area contributed by atoms with Gasteiger partial charge in [0.15, 0.2) is 0 Å². The summed E-state index contributed by atoms with van der Waals surface area (Å²) < 4.78 is 0. The fourth-order valence-corrected chi connectivity index (χ4v) is 2.36. The Kier molecular flexibility index (Phi) is 4.33. The van der Waals surface area contributed by atoms with Gasteiger partial charge >= 0.3 is 0 Å². The molecule has 1 radical (unpaired) electrons. The van der Waals surface area contributed by atoms with Gasteiger partial charge in [-0.1, -0.05) is 66.7 Å². The summed E-state index contributed by atoms with van der Waals surface area (Å²) in [6.45, 7) is 0.845. The zero-order chi connectivity index (χ0) is 14.3. The van der Waals surface area contributed by atoms with Crippen LogP contribution >= 0.6 is 0 Å². The summed E-state index contributed by atoms with van der Waals surface area (Å²) in [5.41, 5.74) is 3.65. The Morgan fingerprint density at radius 1 is 0.571 bits per heavy atom. The van der Waals surface area contributed by atoms with Crippen molar-refractivity contribution in [3.63, 3.8) is 0 Å². The van der Waals surface area contributed by atoms with Gasteiger partial charge in [-0.3, -0.25) is 0 Å². The van der Waals surface area contributed by atoms with Crippen molar-refractivity contribution in [1.29, 1.82) is 0 Å². The Bertz CT molecular complexity index is 608. The Morgan fingerprint density at radius 3 is 1.48 bits per heavy atom. The molecule has 0 amide bonds. The van der Waals surface area contributed by atoms with Gasteiger partial charge < -0.3 is 4.90 Å². The largest absolute Gasteiger partial charge is 0.341 e. The van der Waals surface area contributed by atoms with E-state index in [4.69, 9.17) is 0 Å². The van der Waals surface area contributed by atoms with Crippen LogP contribution in [-0.2, 0) is 0 Å². The number of nitrogens with zero attached hydrogens (tertiary/aromatic N) is 1. The lowest BCUT2D eigenvalue weighted by molar-refractivity contribution is 1.05. The maximum absolute atomic E-state index is 2.31. The van der Waals surface area contributed by atoms with Crippen LogP contribution in [0.3, 0.4) is 0 Å². The summed E-state index contributed by atoms with van der Waals surface area (Å²) in [7, 11) is 0. The number of benzene rings is 3. The smallest absolute Gasteiger partial charge is 0.0410 e. The van der Waals surface area contributed by atoms with Gasteiger partial charge in [-0.15, -0.1) is 0 Å². The molecule has 21 heavy (non-hydrogen) atoms. The van der Waals surface area contributed by atoms with Gasteiger partial charge in [0.1, 0.15) is 0 Å². The van der Waals surface area contributed by atoms with Crippen molar-refractivity contribution in [3.8, 4) is 0 Å². The van der Waals surface area contributed by atoms with Crippen molar-refractivity contribution in [2.75, 3.05) is 11.4 Å². The van der Waals surface area contributed by atoms with Crippen LogP contribution in [0.15, 0.2) is 91.0 Å². The van der Waals surface area contributed by atoms with Crippen LogP contribution in [0.5, 0.6) is 0 Å². The van der Waals surface area contributed by atoms with Crippen LogP contribution in [0.4, 0.5) is 11.4 Å². The van der Waals surface area contributed by atoms with Crippen LogP contribution in [0, 0.1) is 6.42 Å². The third-order valence-corrected chi connectivity index (χ3v) is 3.44. The van der Waals surface area contributed by atoms with E-state index >= 15 is 0 Å². The molecule has 103 valence electrons. The minimum absolute atomic E-state index is 0.845. The fraction of sp³-hybridized carbons (Fsp3) is 0.0500. The van der Waals surface area contributed by atoms with Gasteiger partial charge in [0.2, 0.25) is 0 Å². The summed E-state index contributed by atoms with van der Waals surface area (Å²) >= 11 is 0. The monoisotopic (exact) mass is 272 g/mol. The van der Waals surface area contributed by atoms with E-state index < -0.39 is 0 Å². The second-order valence-electron chi connectivity index (χ2n) is 4.90. The first-order valence-electron chi connectivity index (χ1n) is 7.19. The molecule has 0 heterocycles. The Labute approximate surface area is 126 Å². The molecular weight excluding hydrogens is 254 g/mol. The van der Waals surface area contributed by atoms with Gasteiger partial charge in [-0.25, -0.2) is 0 Å². The van der Waals surface area contributed by atoms with Crippen LogP contribution in [0.2, 0.25) is 0 Å². The van der Waals surface area contributed by atoms with E-state index in [1.807, 2.05) is 18.2 Å². The third-order valence-electron chi connectivity index (χ3n) is 3.44. The van der Waals surface area contributed by atoms with E-state index in [-0.39, 0.29) is 0 Å². The van der Waals surface area contributed by atoms with Crippen molar-refractivity contribution in [2.45, 2.75) is 0 Å². The molecule has 0 saturated heterocycles. The minimum atomic E-state index is 0.845. The first-order valence-corrected chi connectivity index (χ1v) is 7.19. The number of hydrogen-bond acceptors (Lipinski definition) is 1. The molecule has 0 unspecified atom stereocenters. The second kappa shape index (κ2) is 6.76. The average Bonchev–Trinajstić information content (AvgIpc) is 2.58. The van der Waals surface area contributed by atoms with E-state index in [1.165, 1.54) is 16.9 Å². The summed E-state index contributed by atoms with van der Waals surface area (Å²) in [5.74, 6) is 0. The van der Waals surface area contributed by atoms with Crippen molar-refractivity contribution >= 4 is 11.4 Å². The molecule has 0 aliphatic rings. The number of anilines is 2. The van der Waals surface area contributed by atoms with Gasteiger partial charge in [-0.05, 0) is 29.8 Å². The highest BCUT2D eigenvalue weighted by atomic mass is 15.1. The summed E-state index contributed by atoms with van der Waals surface area (Å²) in [6.07, 6.45) is 2.25. The molecule has 1 heteroatoms. The van der Waals surface area contributed by atoms with E-state index in [0.29, 0.717) is 0 Å². The van der Waals surface area contributed by atoms with Crippen molar-refractivity contribution < 1.29 is 0 Å². The van der Waals surface area contributed by atoms with E-state index in [2.05, 4.69) is 84.1 Å². The van der Waals surface area contributed by atoms with Crippen molar-refractivity contribution in [2.24, 2.45) is 0 Å². The van der Waals surface area contributed by atoms with Crippen LogP contribution < -0.4 is 4.90 Å². The highest BCUT2D eigenvalue weighted by Crippen LogP contribution is 2.25. The molecule has 3 aromatic rings. The lowest BCUT2D eigenvalue weighted by atomic mass is 10.1. The molecule has 1 nitrogen and oxygen atoms in total. The lowest BCUT2D eigenvalue weighted by Gasteiger charge is -2.25. The average molecular weight is 272 g/mol. The molecule has 0 spiro atoms. The molecule has 0 bridgehead atoms. The predicted molar refractivity (Wildman–Crippen MR) is 89.7 cm³/mol. The number of para-hydroxylation sites is 2. The van der Waals surface area contributed by atoms with Crippen LogP contribution in [-0.4, -0.2) is 6.54 Å². The predicted octanol–water partition coefficient (Wildman–Crippen LogP) is 5.08. The summed E-state index contributed by atoms with van der Waals surface area (Å²) in [5, 5.41) is 0. The normalized spacial score (nSPS) is 10.3. The van der Waals surface area contributed by atoms with E-state index in [9.17, 15) is 0 Å². The standard InChI is InChI=1S/C20H18N/c1-4-10-18(11-5-1)16-17-21(19-12-6-2-7-13-19)20-14-8-3-9-15-20/h1-16H,17H2. The zero-order valence-corrected chi connectivity index (χ0v) is 11.9. The maximum atomic E-state index is 2.31. The van der Waals surface area contributed by atoms with Crippen molar-refractivity contribution in [1.82, 2.24) is 0 Å². The summed E-state index contributed by atoms with van der Waals surface area (Å²) in [4.78, 5) is 2.31. The highest BCUT2D eigenvalue weighted by molar-refractivity contribution is 5.63. The molecule has 3 rings (SSSR count). The first-order chi connectivity index (χ1) is 10.4. The van der Waals surface area contributed by atoms with E-state index in [1.54, 1.807) is 0 Å². The molecule has 0 N–H and O–H groups in total. The Morgan fingerprint density at radius 2 is 1.00 bits per heavy atom. The van der Waals surface area contributed by atoms with Gasteiger partial charge in [0.25, 0.3) is 0 Å². The molecule has 0 aliphatic carbocycles. The lowest BCUT2D eigenvalue weighted by Crippen LogP contribution is -2.18. The quantitative estimate of drug-likeness (QED) is 0.626. The van der Waals surface area contributed by atoms with Gasteiger partial charge in [0, 0.05) is 24.3 Å². The van der Waals surface area contributed by atoms with E-state index in [0.717, 1.165) is 6.54 Å². The van der Waals surface area contributed by atoms with Crippen LogP contribution in [0.1, 0.15) is 5.56 Å². The molecular formula is C20H18N. The topological polar surface area (TPSA) is 3.24 Å². The maximum Gasteiger partial charge on any atom is 0.0410 e. The van der Waals surface area contributed by atoms with Gasteiger partial charge in [-0.2, -0.15) is 0 Å². The SMILES string of the molecule is [CH](CN(c1ccccc1)c1ccccc1)c1ccccc1. The molecule has 0 atom stereocenters. The Balaban J connectivity index is 1.83. The van der Waals surface area contributed by atoms with Gasteiger partial charge in [0.05, 0.1) is 0 Å². The summed E-state index contributed by atoms with van der Waals surface area (Å²) in [6, 6.07) is 31.4. The fourth-order valence-electron chi connectivity index (χ4n) is 2.36. The molecule has 0 aliphatic heterocycles. The molecule has 3 aromatic carbocycles. The highest BCUT2D eigenvalue weighted by Gasteiger charge is 2.08.